The van der Waals surface area contributed by atoms with Gasteiger partial charge in [-0.3, -0.25) is 14.4 Å². The number of carbonyl (C=O) groups excluding carboxylic acids is 3. The monoisotopic (exact) mass is 418 g/mol. The van der Waals surface area contributed by atoms with E-state index in [1.54, 1.807) is 42.5 Å². The van der Waals surface area contributed by atoms with Crippen LogP contribution in [0.3, 0.4) is 0 Å². The van der Waals surface area contributed by atoms with E-state index in [4.69, 9.17) is 4.74 Å². The molecule has 3 amide bonds. The molecule has 31 heavy (non-hydrogen) atoms. The molecule has 0 atom stereocenters. The molecule has 0 spiro atoms. The Hall–Kier alpha value is -4.00. The Morgan fingerprint density at radius 1 is 0.968 bits per heavy atom. The third kappa shape index (κ3) is 3.90. The molecule has 156 valence electrons. The SMILES string of the molecule is CCOc1ccc(N2C(=O)c3ccc(C(=O)NCc4ccccc4F)cc3C2=O)cc1. The summed E-state index contributed by atoms with van der Waals surface area (Å²) in [6.07, 6.45) is 0. The van der Waals surface area contributed by atoms with E-state index in [1.807, 2.05) is 6.92 Å². The highest BCUT2D eigenvalue weighted by Gasteiger charge is 2.37. The highest BCUT2D eigenvalue weighted by Crippen LogP contribution is 2.30. The molecule has 3 aromatic carbocycles. The fourth-order valence-electron chi connectivity index (χ4n) is 3.39. The quantitative estimate of drug-likeness (QED) is 0.615. The molecule has 1 aliphatic heterocycles. The average Bonchev–Trinajstić information content (AvgIpc) is 3.03. The van der Waals surface area contributed by atoms with Crippen molar-refractivity contribution in [2.75, 3.05) is 11.5 Å². The fourth-order valence-corrected chi connectivity index (χ4v) is 3.39. The van der Waals surface area contributed by atoms with Crippen LogP contribution >= 0.6 is 0 Å². The summed E-state index contributed by atoms with van der Waals surface area (Å²) in [5.41, 5.74) is 1.36. The number of halogens is 1. The summed E-state index contributed by atoms with van der Waals surface area (Å²) in [6.45, 7) is 2.38. The first-order valence-corrected chi connectivity index (χ1v) is 9.77. The van der Waals surface area contributed by atoms with Crippen LogP contribution < -0.4 is 15.0 Å². The van der Waals surface area contributed by atoms with E-state index in [1.165, 1.54) is 24.3 Å². The lowest BCUT2D eigenvalue weighted by molar-refractivity contribution is 0.0923. The van der Waals surface area contributed by atoms with Gasteiger partial charge in [-0.1, -0.05) is 18.2 Å². The molecule has 1 aliphatic rings. The summed E-state index contributed by atoms with van der Waals surface area (Å²) in [5, 5.41) is 2.63. The standard InChI is InChI=1S/C24H19FN2O4/c1-2-31-18-10-8-17(9-11-18)27-23(29)19-12-7-15(13-20(19)24(27)30)22(28)26-14-16-5-3-4-6-21(16)25/h3-13H,2,14H2,1H3,(H,26,28). The number of anilines is 1. The Bertz CT molecular complexity index is 1170. The van der Waals surface area contributed by atoms with Gasteiger partial charge in [0.05, 0.1) is 23.4 Å². The number of hydrogen-bond acceptors (Lipinski definition) is 4. The molecule has 0 aromatic heterocycles. The van der Waals surface area contributed by atoms with E-state index < -0.39 is 23.5 Å². The molecule has 0 unspecified atom stereocenters. The van der Waals surface area contributed by atoms with Crippen LogP contribution in [0.5, 0.6) is 5.75 Å². The molecule has 0 radical (unpaired) electrons. The van der Waals surface area contributed by atoms with Crippen molar-refractivity contribution in [1.29, 1.82) is 0 Å². The van der Waals surface area contributed by atoms with Crippen LogP contribution in [0.25, 0.3) is 0 Å². The number of carbonyl (C=O) groups is 3. The zero-order valence-corrected chi connectivity index (χ0v) is 16.7. The summed E-state index contributed by atoms with van der Waals surface area (Å²) in [6, 6.07) is 17.1. The van der Waals surface area contributed by atoms with Crippen molar-refractivity contribution in [3.63, 3.8) is 0 Å². The summed E-state index contributed by atoms with van der Waals surface area (Å²) >= 11 is 0. The maximum atomic E-state index is 13.7. The number of hydrogen-bond donors (Lipinski definition) is 1. The number of benzene rings is 3. The molecule has 3 aromatic rings. The lowest BCUT2D eigenvalue weighted by Gasteiger charge is -2.14. The molecule has 0 saturated carbocycles. The van der Waals surface area contributed by atoms with Gasteiger partial charge in [-0.2, -0.15) is 0 Å². The van der Waals surface area contributed by atoms with Crippen LogP contribution in [0.15, 0.2) is 66.7 Å². The highest BCUT2D eigenvalue weighted by atomic mass is 19.1. The molecule has 0 fully saturated rings. The molecule has 1 heterocycles. The molecule has 1 N–H and O–H groups in total. The van der Waals surface area contributed by atoms with Gasteiger partial charge < -0.3 is 10.1 Å². The summed E-state index contributed by atoms with van der Waals surface area (Å²) in [5.74, 6) is -1.21. The van der Waals surface area contributed by atoms with Gasteiger partial charge in [-0.15, -0.1) is 0 Å². The van der Waals surface area contributed by atoms with E-state index in [2.05, 4.69) is 5.32 Å². The maximum absolute atomic E-state index is 13.7. The van der Waals surface area contributed by atoms with Crippen LogP contribution in [0.2, 0.25) is 0 Å². The molecule has 6 nitrogen and oxygen atoms in total. The lowest BCUT2D eigenvalue weighted by Crippen LogP contribution is -2.29. The Kier molecular flexibility index (Phi) is 5.49. The number of fused-ring (bicyclic) bond motifs is 1. The van der Waals surface area contributed by atoms with Gasteiger partial charge in [0.2, 0.25) is 0 Å². The molecule has 0 bridgehead atoms. The first kappa shape index (κ1) is 20.3. The third-order valence-corrected chi connectivity index (χ3v) is 4.95. The van der Waals surface area contributed by atoms with Gasteiger partial charge in [-0.25, -0.2) is 9.29 Å². The summed E-state index contributed by atoms with van der Waals surface area (Å²) < 4.78 is 19.1. The Labute approximate surface area is 178 Å². The van der Waals surface area contributed by atoms with Crippen LogP contribution in [0.1, 0.15) is 43.6 Å². The molecule has 0 saturated heterocycles. The summed E-state index contributed by atoms with van der Waals surface area (Å²) in [4.78, 5) is 39.3. The molecule has 7 heteroatoms. The molecule has 4 rings (SSSR count). The van der Waals surface area contributed by atoms with E-state index in [0.29, 0.717) is 23.6 Å². The minimum atomic E-state index is -0.507. The van der Waals surface area contributed by atoms with Crippen molar-refractivity contribution < 1.29 is 23.5 Å². The number of rotatable bonds is 6. The van der Waals surface area contributed by atoms with Crippen molar-refractivity contribution in [2.24, 2.45) is 0 Å². The van der Waals surface area contributed by atoms with Crippen molar-refractivity contribution in [3.05, 3.63) is 94.8 Å². The van der Waals surface area contributed by atoms with Crippen LogP contribution in [-0.2, 0) is 6.54 Å². The first-order valence-electron chi connectivity index (χ1n) is 9.77. The number of amides is 3. The topological polar surface area (TPSA) is 75.7 Å². The predicted octanol–water partition coefficient (Wildman–Crippen LogP) is 3.96. The molecular formula is C24H19FN2O4. The van der Waals surface area contributed by atoms with E-state index in [0.717, 1.165) is 4.90 Å². The van der Waals surface area contributed by atoms with E-state index >= 15 is 0 Å². The maximum Gasteiger partial charge on any atom is 0.266 e. The van der Waals surface area contributed by atoms with Crippen molar-refractivity contribution >= 4 is 23.4 Å². The van der Waals surface area contributed by atoms with Gasteiger partial charge in [0.15, 0.2) is 0 Å². The van der Waals surface area contributed by atoms with Gasteiger partial charge in [-0.05, 0) is 55.5 Å². The average molecular weight is 418 g/mol. The first-order chi connectivity index (χ1) is 15.0. The Balaban J connectivity index is 1.53. The van der Waals surface area contributed by atoms with E-state index in [9.17, 15) is 18.8 Å². The number of ether oxygens (including phenoxy) is 1. The molecular weight excluding hydrogens is 399 g/mol. The van der Waals surface area contributed by atoms with Crippen LogP contribution in [-0.4, -0.2) is 24.3 Å². The zero-order valence-electron chi connectivity index (χ0n) is 16.7. The second-order valence-corrected chi connectivity index (χ2v) is 6.91. The fraction of sp³-hybridized carbons (Fsp3) is 0.125. The Morgan fingerprint density at radius 2 is 1.68 bits per heavy atom. The highest BCUT2D eigenvalue weighted by molar-refractivity contribution is 6.34. The van der Waals surface area contributed by atoms with Gasteiger partial charge in [0, 0.05) is 17.7 Å². The van der Waals surface area contributed by atoms with Gasteiger partial charge in [0.1, 0.15) is 11.6 Å². The largest absolute Gasteiger partial charge is 0.494 e. The van der Waals surface area contributed by atoms with Crippen molar-refractivity contribution in [3.8, 4) is 5.75 Å². The second kappa shape index (κ2) is 8.39. The van der Waals surface area contributed by atoms with Crippen LogP contribution in [0, 0.1) is 5.82 Å². The lowest BCUT2D eigenvalue weighted by atomic mass is 10.1. The minimum absolute atomic E-state index is 0.00771. The number of imide groups is 1. The second-order valence-electron chi connectivity index (χ2n) is 6.91. The van der Waals surface area contributed by atoms with E-state index in [-0.39, 0.29) is 23.2 Å². The smallest absolute Gasteiger partial charge is 0.266 e. The van der Waals surface area contributed by atoms with Gasteiger partial charge in [0.25, 0.3) is 17.7 Å². The van der Waals surface area contributed by atoms with Crippen LogP contribution in [0.4, 0.5) is 10.1 Å². The minimum Gasteiger partial charge on any atom is -0.494 e. The predicted molar refractivity (Wildman–Crippen MR) is 113 cm³/mol. The van der Waals surface area contributed by atoms with Crippen molar-refractivity contribution in [1.82, 2.24) is 5.32 Å². The molecule has 0 aliphatic carbocycles. The zero-order chi connectivity index (χ0) is 22.0. The third-order valence-electron chi connectivity index (χ3n) is 4.95. The summed E-state index contributed by atoms with van der Waals surface area (Å²) in [7, 11) is 0. The van der Waals surface area contributed by atoms with Crippen molar-refractivity contribution in [2.45, 2.75) is 13.5 Å². The normalized spacial score (nSPS) is 12.6. The van der Waals surface area contributed by atoms with Gasteiger partial charge >= 0.3 is 0 Å². The number of nitrogens with one attached hydrogen (secondary N) is 1. The Morgan fingerprint density at radius 3 is 2.39 bits per heavy atom. The number of nitrogens with zero attached hydrogens (tertiary/aromatic N) is 1.